The first-order chi connectivity index (χ1) is 8.09. The molecule has 0 spiro atoms. The maximum absolute atomic E-state index is 9.59. The lowest BCUT2D eigenvalue weighted by Gasteiger charge is -2.32. The largest absolute Gasteiger partial charge is 0.472 e. The van der Waals surface area contributed by atoms with Crippen LogP contribution in [0.2, 0.25) is 0 Å². The van der Waals surface area contributed by atoms with Crippen molar-refractivity contribution in [3.05, 3.63) is 48.0 Å². The molecular weight excluding hydrogens is 224 g/mol. The molecule has 1 aromatic rings. The Morgan fingerprint density at radius 3 is 2.76 bits per heavy atom. The van der Waals surface area contributed by atoms with E-state index in [4.69, 9.17) is 10.2 Å². The quantitative estimate of drug-likeness (QED) is 0.620. The zero-order valence-corrected chi connectivity index (χ0v) is 9.24. The van der Waals surface area contributed by atoms with Gasteiger partial charge in [-0.3, -0.25) is 10.4 Å². The summed E-state index contributed by atoms with van der Waals surface area (Å²) in [5.41, 5.74) is 6.33. The summed E-state index contributed by atoms with van der Waals surface area (Å²) >= 11 is 0. The van der Waals surface area contributed by atoms with E-state index in [9.17, 15) is 10.4 Å². The molecule has 0 fully saturated rings. The molecule has 0 saturated carbocycles. The average molecular weight is 238 g/mol. The molecule has 92 valence electrons. The van der Waals surface area contributed by atoms with Crippen LogP contribution in [0.3, 0.4) is 0 Å². The lowest BCUT2D eigenvalue weighted by atomic mass is 10.2. The molecule has 1 unspecified atom stereocenters. The van der Waals surface area contributed by atoms with E-state index in [0.717, 1.165) is 5.56 Å². The molecule has 1 aliphatic rings. The van der Waals surface area contributed by atoms with Crippen molar-refractivity contribution in [2.75, 3.05) is 0 Å². The van der Waals surface area contributed by atoms with Crippen LogP contribution >= 0.6 is 0 Å². The van der Waals surface area contributed by atoms with Crippen LogP contribution in [0.4, 0.5) is 0 Å². The molecule has 0 saturated heterocycles. The molecule has 0 aromatic carbocycles. The fourth-order valence-corrected chi connectivity index (χ4v) is 1.44. The van der Waals surface area contributed by atoms with Crippen molar-refractivity contribution >= 4 is 0 Å². The van der Waals surface area contributed by atoms with Crippen LogP contribution in [-0.2, 0) is 0 Å². The fraction of sp³-hybridized carbons (Fsp3) is 0.200. The zero-order valence-electron chi connectivity index (χ0n) is 9.24. The molecule has 0 aliphatic carbocycles. The van der Waals surface area contributed by atoms with E-state index in [1.807, 2.05) is 13.0 Å². The number of hydrogen-bond donors (Lipinski definition) is 4. The minimum Gasteiger partial charge on any atom is -0.472 e. The Kier molecular flexibility index (Phi) is 2.94. The van der Waals surface area contributed by atoms with Gasteiger partial charge in [0.1, 0.15) is 0 Å². The molecule has 0 radical (unpaired) electrons. The van der Waals surface area contributed by atoms with Gasteiger partial charge in [0.2, 0.25) is 0 Å². The number of hydrazine groups is 1. The molecule has 0 bridgehead atoms. The monoisotopic (exact) mass is 238 g/mol. The Hall–Kier alpha value is -2.12. The Bertz CT molecular complexity index is 440. The molecular formula is C10H14N4O3. The van der Waals surface area contributed by atoms with Gasteiger partial charge in [-0.05, 0) is 25.1 Å². The third-order valence-corrected chi connectivity index (χ3v) is 2.45. The van der Waals surface area contributed by atoms with Gasteiger partial charge in [-0.15, -0.1) is 10.3 Å². The van der Waals surface area contributed by atoms with Gasteiger partial charge in [-0.2, -0.15) is 0 Å². The van der Waals surface area contributed by atoms with Crippen molar-refractivity contribution in [3.63, 3.8) is 0 Å². The smallest absolute Gasteiger partial charge is 0.153 e. The predicted octanol–water partition coefficient (Wildman–Crippen LogP) is 0.883. The maximum Gasteiger partial charge on any atom is 0.153 e. The summed E-state index contributed by atoms with van der Waals surface area (Å²) in [6.07, 6.45) is 6.19. The summed E-state index contributed by atoms with van der Waals surface area (Å²) < 4.78 is 4.96. The highest BCUT2D eigenvalue weighted by Crippen LogP contribution is 2.18. The Morgan fingerprint density at radius 1 is 1.35 bits per heavy atom. The van der Waals surface area contributed by atoms with E-state index in [0.29, 0.717) is 16.2 Å². The highest BCUT2D eigenvalue weighted by atomic mass is 16.7. The van der Waals surface area contributed by atoms with Gasteiger partial charge in [0.25, 0.3) is 0 Å². The zero-order chi connectivity index (χ0) is 12.4. The fourth-order valence-electron chi connectivity index (χ4n) is 1.44. The molecule has 2 heterocycles. The highest BCUT2D eigenvalue weighted by Gasteiger charge is 2.21. The second kappa shape index (κ2) is 4.40. The number of hydrogen-bond acceptors (Lipinski definition) is 7. The van der Waals surface area contributed by atoms with Crippen LogP contribution in [0.15, 0.2) is 46.8 Å². The molecule has 5 N–H and O–H groups in total. The van der Waals surface area contributed by atoms with E-state index in [1.54, 1.807) is 18.6 Å². The third kappa shape index (κ3) is 2.19. The first-order valence-electron chi connectivity index (χ1n) is 5.03. The Balaban J connectivity index is 2.09. The van der Waals surface area contributed by atoms with Crippen molar-refractivity contribution in [3.8, 4) is 0 Å². The summed E-state index contributed by atoms with van der Waals surface area (Å²) in [6.45, 7) is 1.89. The van der Waals surface area contributed by atoms with Crippen molar-refractivity contribution in [1.29, 1.82) is 0 Å². The molecule has 7 nitrogen and oxygen atoms in total. The summed E-state index contributed by atoms with van der Waals surface area (Å²) in [5, 5.41) is 22.9. The molecule has 17 heavy (non-hydrogen) atoms. The second-order valence-electron chi connectivity index (χ2n) is 3.65. The van der Waals surface area contributed by atoms with E-state index in [2.05, 4.69) is 5.32 Å². The van der Waals surface area contributed by atoms with E-state index >= 15 is 0 Å². The summed E-state index contributed by atoms with van der Waals surface area (Å²) in [6, 6.07) is 1.72. The van der Waals surface area contributed by atoms with Crippen molar-refractivity contribution < 1.29 is 14.8 Å². The Morgan fingerprint density at radius 2 is 2.12 bits per heavy atom. The van der Waals surface area contributed by atoms with E-state index < -0.39 is 0 Å². The molecule has 0 amide bonds. The van der Waals surface area contributed by atoms with Crippen LogP contribution in [-0.4, -0.2) is 20.8 Å². The molecule has 1 aromatic heterocycles. The number of nitrogens with zero attached hydrogens (tertiary/aromatic N) is 2. The molecule has 1 aliphatic heterocycles. The Labute approximate surface area is 97.9 Å². The molecule has 1 atom stereocenters. The minimum absolute atomic E-state index is 0.0222. The van der Waals surface area contributed by atoms with Crippen LogP contribution in [0.25, 0.3) is 0 Å². The predicted molar refractivity (Wildman–Crippen MR) is 57.9 cm³/mol. The third-order valence-electron chi connectivity index (χ3n) is 2.45. The number of rotatable bonds is 3. The van der Waals surface area contributed by atoms with Gasteiger partial charge in [-0.1, -0.05) is 0 Å². The van der Waals surface area contributed by atoms with Gasteiger partial charge in [0.15, 0.2) is 11.6 Å². The highest BCUT2D eigenvalue weighted by molar-refractivity contribution is 5.19. The standard InChI is InChI=1S/C10H14N4O3/c1-7(8-4-5-17-6-8)12-10-3-2-9(11)13(15)14(10)16/h2-7,12,15-16H,11H2,1H3. The second-order valence-corrected chi connectivity index (χ2v) is 3.65. The van der Waals surface area contributed by atoms with Gasteiger partial charge in [-0.25, -0.2) is 0 Å². The number of allylic oxidation sites excluding steroid dienone is 2. The summed E-state index contributed by atoms with van der Waals surface area (Å²) in [4.78, 5) is 0. The van der Waals surface area contributed by atoms with Gasteiger partial charge >= 0.3 is 0 Å². The van der Waals surface area contributed by atoms with E-state index in [1.165, 1.54) is 6.08 Å². The lowest BCUT2D eigenvalue weighted by Crippen LogP contribution is -2.45. The number of hydroxylamine groups is 2. The maximum atomic E-state index is 9.59. The van der Waals surface area contributed by atoms with Crippen molar-refractivity contribution in [2.24, 2.45) is 5.73 Å². The summed E-state index contributed by atoms with van der Waals surface area (Å²) in [5.74, 6) is 0.324. The van der Waals surface area contributed by atoms with Gasteiger partial charge < -0.3 is 15.5 Å². The SMILES string of the molecule is CC(NC1=CC=C(N)N(O)N1O)c1ccoc1. The van der Waals surface area contributed by atoms with Crippen LogP contribution in [0.5, 0.6) is 0 Å². The van der Waals surface area contributed by atoms with Crippen LogP contribution in [0, 0.1) is 0 Å². The minimum atomic E-state index is -0.0872. The molecule has 7 heteroatoms. The topological polar surface area (TPSA) is 98.1 Å². The van der Waals surface area contributed by atoms with Gasteiger partial charge in [0.05, 0.1) is 18.6 Å². The van der Waals surface area contributed by atoms with Crippen molar-refractivity contribution in [1.82, 2.24) is 15.7 Å². The number of nitrogens with one attached hydrogen (secondary N) is 1. The normalized spacial score (nSPS) is 17.6. The van der Waals surface area contributed by atoms with E-state index in [-0.39, 0.29) is 11.9 Å². The first kappa shape index (κ1) is 11.4. The van der Waals surface area contributed by atoms with Gasteiger partial charge in [0, 0.05) is 5.56 Å². The van der Waals surface area contributed by atoms with Crippen LogP contribution in [0.1, 0.15) is 18.5 Å². The number of furan rings is 1. The number of nitrogens with two attached hydrogens (primary N) is 1. The van der Waals surface area contributed by atoms with Crippen molar-refractivity contribution in [2.45, 2.75) is 13.0 Å². The summed E-state index contributed by atoms with van der Waals surface area (Å²) in [7, 11) is 0. The van der Waals surface area contributed by atoms with Crippen LogP contribution < -0.4 is 11.1 Å². The first-order valence-corrected chi connectivity index (χ1v) is 5.03. The lowest BCUT2D eigenvalue weighted by molar-refractivity contribution is -0.333. The molecule has 2 rings (SSSR count). The average Bonchev–Trinajstić information content (AvgIpc) is 2.83.